The van der Waals surface area contributed by atoms with Crippen LogP contribution in [0.15, 0.2) is 0 Å². The molecule has 1 N–H and O–H groups in total. The van der Waals surface area contributed by atoms with Gasteiger partial charge < -0.3 is 4.90 Å². The van der Waals surface area contributed by atoms with Crippen molar-refractivity contribution < 1.29 is 14.9 Å². The van der Waals surface area contributed by atoms with E-state index in [1.807, 2.05) is 13.8 Å². The fourth-order valence-electron chi connectivity index (χ4n) is 0.275. The Morgan fingerprint density at radius 3 is 2.22 bits per heavy atom. The molecule has 0 spiro atoms. The number of amides is 1. The van der Waals surface area contributed by atoms with Crippen LogP contribution in [0.25, 0.3) is 0 Å². The monoisotopic (exact) mass is 133 g/mol. The molecule has 0 aliphatic carbocycles. The van der Waals surface area contributed by atoms with Crippen LogP contribution in [0.1, 0.15) is 13.8 Å². The minimum absolute atomic E-state index is 0.0460. The average molecular weight is 133 g/mol. The molecule has 0 unspecified atom stereocenters. The molecule has 0 atom stereocenters. The summed E-state index contributed by atoms with van der Waals surface area (Å²) >= 11 is 0. The molecule has 0 aromatic carbocycles. The van der Waals surface area contributed by atoms with E-state index in [-0.39, 0.29) is 6.04 Å². The van der Waals surface area contributed by atoms with Crippen LogP contribution in [0.5, 0.6) is 0 Å². The van der Waals surface area contributed by atoms with Gasteiger partial charge >= 0.3 is 6.09 Å². The van der Waals surface area contributed by atoms with Crippen LogP contribution < -0.4 is 0 Å². The van der Waals surface area contributed by atoms with E-state index in [1.54, 1.807) is 7.05 Å². The number of hydrogen-bond acceptors (Lipinski definition) is 3. The summed E-state index contributed by atoms with van der Waals surface area (Å²) < 4.78 is 0. The summed E-state index contributed by atoms with van der Waals surface area (Å²) in [6.07, 6.45) is -0.731. The van der Waals surface area contributed by atoms with Crippen molar-refractivity contribution in [2.24, 2.45) is 0 Å². The Bertz CT molecular complexity index is 102. The van der Waals surface area contributed by atoms with Crippen LogP contribution in [0.3, 0.4) is 0 Å². The van der Waals surface area contributed by atoms with E-state index in [0.29, 0.717) is 0 Å². The number of rotatable bonds is 1. The van der Waals surface area contributed by atoms with Gasteiger partial charge in [-0.1, -0.05) is 0 Å². The summed E-state index contributed by atoms with van der Waals surface area (Å²) in [5.41, 5.74) is 0. The molecular formula is C5H11NO3. The normalized spacial score (nSPS) is 9.44. The number of carbonyl (C=O) groups is 1. The summed E-state index contributed by atoms with van der Waals surface area (Å²) in [6, 6.07) is 0.0460. The fraction of sp³-hybridized carbons (Fsp3) is 0.800. The second-order valence-electron chi connectivity index (χ2n) is 2.06. The number of carbonyl (C=O) groups excluding carboxylic acids is 1. The molecule has 0 fully saturated rings. The molecule has 0 heterocycles. The van der Waals surface area contributed by atoms with Gasteiger partial charge in [0.1, 0.15) is 0 Å². The van der Waals surface area contributed by atoms with Crippen molar-refractivity contribution in [1.82, 2.24) is 4.90 Å². The zero-order valence-corrected chi connectivity index (χ0v) is 5.79. The fourth-order valence-corrected chi connectivity index (χ4v) is 0.275. The Labute approximate surface area is 54.0 Å². The zero-order chi connectivity index (χ0) is 7.44. The predicted molar refractivity (Wildman–Crippen MR) is 32.0 cm³/mol. The maximum atomic E-state index is 10.4. The van der Waals surface area contributed by atoms with E-state index < -0.39 is 6.09 Å². The molecule has 0 aromatic rings. The first kappa shape index (κ1) is 8.23. The zero-order valence-electron chi connectivity index (χ0n) is 5.79. The van der Waals surface area contributed by atoms with Gasteiger partial charge in [-0.25, -0.2) is 4.79 Å². The van der Waals surface area contributed by atoms with Gasteiger partial charge in [-0.3, -0.25) is 4.89 Å². The Hall–Kier alpha value is -0.770. The van der Waals surface area contributed by atoms with Crippen molar-refractivity contribution in [3.8, 4) is 0 Å². The molecule has 54 valence electrons. The molecule has 0 aliphatic rings. The first-order chi connectivity index (χ1) is 4.09. The first-order valence-corrected chi connectivity index (χ1v) is 2.67. The van der Waals surface area contributed by atoms with Crippen LogP contribution in [0.2, 0.25) is 0 Å². The molecule has 4 nitrogen and oxygen atoms in total. The van der Waals surface area contributed by atoms with E-state index in [4.69, 9.17) is 5.26 Å². The predicted octanol–water partition coefficient (Wildman–Crippen LogP) is 0.936. The number of hydrogen-bond donors (Lipinski definition) is 1. The number of nitrogens with zero attached hydrogens (tertiary/aromatic N) is 1. The van der Waals surface area contributed by atoms with Crippen molar-refractivity contribution in [2.75, 3.05) is 7.05 Å². The Kier molecular flexibility index (Phi) is 3.01. The van der Waals surface area contributed by atoms with E-state index in [9.17, 15) is 4.79 Å². The summed E-state index contributed by atoms with van der Waals surface area (Å²) in [7, 11) is 1.54. The third kappa shape index (κ3) is 2.32. The molecule has 0 bridgehead atoms. The van der Waals surface area contributed by atoms with E-state index in [2.05, 4.69) is 4.89 Å². The molecule has 0 radical (unpaired) electrons. The highest BCUT2D eigenvalue weighted by Gasteiger charge is 2.11. The lowest BCUT2D eigenvalue weighted by Crippen LogP contribution is -2.32. The molecule has 0 aliphatic heterocycles. The third-order valence-electron chi connectivity index (χ3n) is 1.14. The van der Waals surface area contributed by atoms with Crippen LogP contribution in [0.4, 0.5) is 4.79 Å². The van der Waals surface area contributed by atoms with Gasteiger partial charge in [-0.2, -0.15) is 5.26 Å². The maximum Gasteiger partial charge on any atom is 0.440 e. The molecule has 0 aromatic heterocycles. The summed E-state index contributed by atoms with van der Waals surface area (Å²) in [4.78, 5) is 15.1. The third-order valence-corrected chi connectivity index (χ3v) is 1.14. The Morgan fingerprint density at radius 2 is 2.11 bits per heavy atom. The van der Waals surface area contributed by atoms with E-state index >= 15 is 0 Å². The van der Waals surface area contributed by atoms with Crippen LogP contribution >= 0.6 is 0 Å². The minimum Gasteiger partial charge on any atom is -0.307 e. The second kappa shape index (κ2) is 3.29. The van der Waals surface area contributed by atoms with Gasteiger partial charge in [0, 0.05) is 13.1 Å². The highest BCUT2D eigenvalue weighted by atomic mass is 17.1. The van der Waals surface area contributed by atoms with Crippen LogP contribution in [0, 0.1) is 0 Å². The van der Waals surface area contributed by atoms with Crippen molar-refractivity contribution in [3.05, 3.63) is 0 Å². The van der Waals surface area contributed by atoms with E-state index in [0.717, 1.165) is 0 Å². The summed E-state index contributed by atoms with van der Waals surface area (Å²) in [5, 5.41) is 7.86. The lowest BCUT2D eigenvalue weighted by atomic mass is 10.4. The molecule has 1 amide bonds. The minimum atomic E-state index is -0.731. The van der Waals surface area contributed by atoms with Crippen molar-refractivity contribution in [3.63, 3.8) is 0 Å². The van der Waals surface area contributed by atoms with Gasteiger partial charge in [-0.15, -0.1) is 0 Å². The molecular weight excluding hydrogens is 122 g/mol. The molecule has 4 heteroatoms. The Morgan fingerprint density at radius 1 is 1.67 bits per heavy atom. The average Bonchev–Trinajstić information content (AvgIpc) is 1.84. The first-order valence-electron chi connectivity index (χ1n) is 2.67. The second-order valence-corrected chi connectivity index (χ2v) is 2.06. The van der Waals surface area contributed by atoms with Crippen molar-refractivity contribution in [1.29, 1.82) is 0 Å². The summed E-state index contributed by atoms with van der Waals surface area (Å²) in [5.74, 6) is 0. The molecule has 9 heavy (non-hydrogen) atoms. The van der Waals surface area contributed by atoms with Crippen molar-refractivity contribution in [2.45, 2.75) is 19.9 Å². The topological polar surface area (TPSA) is 49.8 Å². The quantitative estimate of drug-likeness (QED) is 0.427. The lowest BCUT2D eigenvalue weighted by molar-refractivity contribution is -0.188. The molecule has 0 rings (SSSR count). The van der Waals surface area contributed by atoms with Gasteiger partial charge in [0.15, 0.2) is 0 Å². The largest absolute Gasteiger partial charge is 0.440 e. The molecule has 0 saturated heterocycles. The highest BCUT2D eigenvalue weighted by molar-refractivity contribution is 5.66. The SMILES string of the molecule is CC(C)N(C)C(=O)OO. The van der Waals surface area contributed by atoms with Crippen LogP contribution in [-0.2, 0) is 4.89 Å². The van der Waals surface area contributed by atoms with Gasteiger partial charge in [0.2, 0.25) is 0 Å². The highest BCUT2D eigenvalue weighted by Crippen LogP contribution is 1.94. The van der Waals surface area contributed by atoms with Crippen molar-refractivity contribution >= 4 is 6.09 Å². The maximum absolute atomic E-state index is 10.4. The summed E-state index contributed by atoms with van der Waals surface area (Å²) in [6.45, 7) is 3.63. The van der Waals surface area contributed by atoms with E-state index in [1.165, 1.54) is 4.90 Å². The van der Waals surface area contributed by atoms with Gasteiger partial charge in [-0.05, 0) is 13.8 Å². The van der Waals surface area contributed by atoms with Gasteiger partial charge in [0.25, 0.3) is 0 Å². The lowest BCUT2D eigenvalue weighted by Gasteiger charge is -2.17. The van der Waals surface area contributed by atoms with Crippen LogP contribution in [-0.4, -0.2) is 29.3 Å². The van der Waals surface area contributed by atoms with Gasteiger partial charge in [0.05, 0.1) is 0 Å². The smallest absolute Gasteiger partial charge is 0.307 e. The Balaban J connectivity index is 3.72. The standard InChI is InChI=1S/C5H11NO3/c1-4(2)6(3)5(7)9-8/h4,8H,1-3H3. The molecule has 0 saturated carbocycles.